The minimum Gasteiger partial charge on any atom is -0.493 e. The molecule has 2 aliphatic rings. The molecule has 0 unspecified atom stereocenters. The Morgan fingerprint density at radius 3 is 2.49 bits per heavy atom. The van der Waals surface area contributed by atoms with E-state index in [1.54, 1.807) is 24.3 Å². The molecule has 9 nitrogen and oxygen atoms in total. The van der Waals surface area contributed by atoms with Crippen LogP contribution in [0, 0.1) is 5.92 Å². The average Bonchev–Trinajstić information content (AvgIpc) is 3.74. The third-order valence-corrected chi connectivity index (χ3v) is 6.49. The normalized spacial score (nSPS) is 21.5. The summed E-state index contributed by atoms with van der Waals surface area (Å²) in [6.45, 7) is 1.19. The fourth-order valence-corrected chi connectivity index (χ4v) is 4.17. The second-order valence-electron chi connectivity index (χ2n) is 9.55. The van der Waals surface area contributed by atoms with Crippen LogP contribution in [-0.2, 0) is 20.8 Å². The van der Waals surface area contributed by atoms with Crippen LogP contribution in [0.1, 0.15) is 48.0 Å². The van der Waals surface area contributed by atoms with E-state index in [0.717, 1.165) is 18.4 Å². The summed E-state index contributed by atoms with van der Waals surface area (Å²) in [4.78, 5) is 51.9. The van der Waals surface area contributed by atoms with Gasteiger partial charge in [0.05, 0.1) is 12.2 Å². The van der Waals surface area contributed by atoms with Crippen molar-refractivity contribution in [3.8, 4) is 5.75 Å². The summed E-state index contributed by atoms with van der Waals surface area (Å²) in [5.41, 5.74) is 1.23. The highest BCUT2D eigenvalue weighted by Crippen LogP contribution is 2.27. The van der Waals surface area contributed by atoms with E-state index < -0.39 is 18.0 Å². The number of fused-ring (bicyclic) bond motifs is 1. The Hall–Kier alpha value is -3.88. The van der Waals surface area contributed by atoms with Crippen LogP contribution in [0.3, 0.4) is 0 Å². The SMILES string of the molecule is O=C1CC[C@@H](C(=O)NCC2CC2)NC(=O)c2ccccc2OCCCNC(=O)[C@H](Cc2ccccc2)N1. The zero-order chi connectivity index (χ0) is 26.0. The number of hydrogen-bond donors (Lipinski definition) is 4. The first kappa shape index (κ1) is 26.2. The Labute approximate surface area is 216 Å². The zero-order valence-electron chi connectivity index (χ0n) is 20.8. The van der Waals surface area contributed by atoms with Crippen molar-refractivity contribution in [2.75, 3.05) is 19.7 Å². The maximum Gasteiger partial charge on any atom is 0.255 e. The molecule has 4 N–H and O–H groups in total. The molecule has 1 aliphatic carbocycles. The van der Waals surface area contributed by atoms with Crippen molar-refractivity contribution in [2.45, 2.75) is 50.6 Å². The van der Waals surface area contributed by atoms with Crippen LogP contribution in [0.25, 0.3) is 0 Å². The van der Waals surface area contributed by atoms with Crippen molar-refractivity contribution in [3.63, 3.8) is 0 Å². The van der Waals surface area contributed by atoms with Gasteiger partial charge in [0.2, 0.25) is 17.7 Å². The van der Waals surface area contributed by atoms with Crippen molar-refractivity contribution in [3.05, 3.63) is 65.7 Å². The number of benzene rings is 2. The van der Waals surface area contributed by atoms with Crippen LogP contribution in [-0.4, -0.2) is 55.4 Å². The van der Waals surface area contributed by atoms with Gasteiger partial charge in [-0.25, -0.2) is 0 Å². The van der Waals surface area contributed by atoms with E-state index in [0.29, 0.717) is 43.2 Å². The molecule has 1 fully saturated rings. The monoisotopic (exact) mass is 506 g/mol. The smallest absolute Gasteiger partial charge is 0.255 e. The van der Waals surface area contributed by atoms with Gasteiger partial charge in [-0.3, -0.25) is 19.2 Å². The Morgan fingerprint density at radius 1 is 0.946 bits per heavy atom. The molecule has 0 bridgehead atoms. The molecule has 2 aromatic carbocycles. The largest absolute Gasteiger partial charge is 0.493 e. The highest BCUT2D eigenvalue weighted by molar-refractivity contribution is 5.99. The van der Waals surface area contributed by atoms with Crippen molar-refractivity contribution >= 4 is 23.6 Å². The number of amides is 4. The first-order chi connectivity index (χ1) is 18.0. The third kappa shape index (κ3) is 8.06. The van der Waals surface area contributed by atoms with Crippen molar-refractivity contribution in [2.24, 2.45) is 5.92 Å². The van der Waals surface area contributed by atoms with Gasteiger partial charge in [0.15, 0.2) is 0 Å². The van der Waals surface area contributed by atoms with Gasteiger partial charge in [0, 0.05) is 25.9 Å². The predicted molar refractivity (Wildman–Crippen MR) is 138 cm³/mol. The number of hydrogen-bond acceptors (Lipinski definition) is 5. The molecular weight excluding hydrogens is 472 g/mol. The molecule has 37 heavy (non-hydrogen) atoms. The molecule has 1 aliphatic heterocycles. The van der Waals surface area contributed by atoms with Gasteiger partial charge in [0.1, 0.15) is 17.8 Å². The average molecular weight is 507 g/mol. The van der Waals surface area contributed by atoms with E-state index in [-0.39, 0.29) is 37.2 Å². The lowest BCUT2D eigenvalue weighted by Crippen LogP contribution is -2.50. The molecule has 2 atom stereocenters. The Bertz CT molecular complexity index is 1100. The topological polar surface area (TPSA) is 126 Å². The van der Waals surface area contributed by atoms with E-state index in [4.69, 9.17) is 4.74 Å². The first-order valence-corrected chi connectivity index (χ1v) is 12.9. The molecule has 1 heterocycles. The molecule has 1 saturated carbocycles. The van der Waals surface area contributed by atoms with Crippen LogP contribution < -0.4 is 26.0 Å². The number of carbonyl (C=O) groups excluding carboxylic acids is 4. The maximum absolute atomic E-state index is 13.1. The van der Waals surface area contributed by atoms with Gasteiger partial charge in [-0.05, 0) is 49.3 Å². The van der Waals surface area contributed by atoms with Crippen molar-refractivity contribution < 1.29 is 23.9 Å². The summed E-state index contributed by atoms with van der Waals surface area (Å²) >= 11 is 0. The quantitative estimate of drug-likeness (QED) is 0.491. The van der Waals surface area contributed by atoms with Gasteiger partial charge in [-0.1, -0.05) is 42.5 Å². The molecule has 2 aromatic rings. The van der Waals surface area contributed by atoms with Crippen molar-refractivity contribution in [1.82, 2.24) is 21.3 Å². The lowest BCUT2D eigenvalue weighted by molar-refractivity contribution is -0.129. The molecule has 0 saturated heterocycles. The summed E-state index contributed by atoms with van der Waals surface area (Å²) < 4.78 is 5.83. The lowest BCUT2D eigenvalue weighted by Gasteiger charge is -2.22. The second kappa shape index (κ2) is 12.9. The molecule has 4 rings (SSSR count). The third-order valence-electron chi connectivity index (χ3n) is 6.49. The van der Waals surface area contributed by atoms with Crippen LogP contribution in [0.5, 0.6) is 5.75 Å². The molecule has 4 amide bonds. The van der Waals surface area contributed by atoms with E-state index in [1.807, 2.05) is 30.3 Å². The summed E-state index contributed by atoms with van der Waals surface area (Å²) in [5, 5.41) is 11.4. The molecule has 0 aromatic heterocycles. The summed E-state index contributed by atoms with van der Waals surface area (Å²) in [5.74, 6) is -0.537. The Morgan fingerprint density at radius 2 is 1.70 bits per heavy atom. The number of carbonyl (C=O) groups is 4. The van der Waals surface area contributed by atoms with Crippen LogP contribution >= 0.6 is 0 Å². The minimum atomic E-state index is -0.903. The van der Waals surface area contributed by atoms with Gasteiger partial charge in [0.25, 0.3) is 5.91 Å². The fourth-order valence-electron chi connectivity index (χ4n) is 4.17. The van der Waals surface area contributed by atoms with E-state index in [9.17, 15) is 19.2 Å². The Balaban J connectivity index is 1.51. The number of rotatable bonds is 5. The molecular formula is C28H34N4O5. The summed E-state index contributed by atoms with van der Waals surface area (Å²) in [6.07, 6.45) is 3.07. The van der Waals surface area contributed by atoms with Gasteiger partial charge in [-0.2, -0.15) is 0 Å². The highest BCUT2D eigenvalue weighted by Gasteiger charge is 2.28. The van der Waals surface area contributed by atoms with Gasteiger partial charge < -0.3 is 26.0 Å². The van der Waals surface area contributed by atoms with E-state index in [1.165, 1.54) is 0 Å². The second-order valence-corrected chi connectivity index (χ2v) is 9.55. The summed E-state index contributed by atoms with van der Waals surface area (Å²) in [7, 11) is 0. The summed E-state index contributed by atoms with van der Waals surface area (Å²) in [6, 6.07) is 14.6. The minimum absolute atomic E-state index is 0.0293. The van der Waals surface area contributed by atoms with E-state index >= 15 is 0 Å². The molecule has 196 valence electrons. The van der Waals surface area contributed by atoms with Crippen molar-refractivity contribution in [1.29, 1.82) is 0 Å². The van der Waals surface area contributed by atoms with Crippen LogP contribution in [0.4, 0.5) is 0 Å². The van der Waals surface area contributed by atoms with Gasteiger partial charge >= 0.3 is 0 Å². The molecule has 0 radical (unpaired) electrons. The van der Waals surface area contributed by atoms with Gasteiger partial charge in [-0.15, -0.1) is 0 Å². The first-order valence-electron chi connectivity index (χ1n) is 12.9. The number of nitrogens with one attached hydrogen (secondary N) is 4. The molecule has 9 heteroatoms. The fraction of sp³-hybridized carbons (Fsp3) is 0.429. The molecule has 0 spiro atoms. The number of para-hydroxylation sites is 1. The van der Waals surface area contributed by atoms with E-state index in [2.05, 4.69) is 21.3 Å². The van der Waals surface area contributed by atoms with Crippen LogP contribution in [0.2, 0.25) is 0 Å². The lowest BCUT2D eigenvalue weighted by atomic mass is 10.0. The standard InChI is InChI=1S/C28H34N4O5/c33-25-14-13-22(27(35)30-18-20-11-12-20)32-26(34)21-9-4-5-10-24(21)37-16-6-15-29-28(36)23(31-25)17-19-7-2-1-3-8-19/h1-5,7-10,20,22-23H,6,11-18H2,(H,29,36)(H,30,35)(H,31,33)(H,32,34)/t22-,23-/m0/s1. The predicted octanol–water partition coefficient (Wildman–Crippen LogP) is 1.72. The number of ether oxygens (including phenoxy) is 1. The van der Waals surface area contributed by atoms with Crippen LogP contribution in [0.15, 0.2) is 54.6 Å². The highest BCUT2D eigenvalue weighted by atomic mass is 16.5. The zero-order valence-corrected chi connectivity index (χ0v) is 20.8. The maximum atomic E-state index is 13.1. The Kier molecular flexibility index (Phi) is 9.13.